The predicted molar refractivity (Wildman–Crippen MR) is 113 cm³/mol. The van der Waals surface area contributed by atoms with Crippen LogP contribution in [0, 0.1) is 11.8 Å². The second kappa shape index (κ2) is 8.76. The zero-order chi connectivity index (χ0) is 19.9. The lowest BCUT2D eigenvalue weighted by Crippen LogP contribution is -2.28. The molecule has 7 heteroatoms. The molecule has 1 atom stereocenters. The lowest BCUT2D eigenvalue weighted by atomic mass is 9.93. The molecule has 7 nitrogen and oxygen atoms in total. The molecule has 0 aliphatic heterocycles. The van der Waals surface area contributed by atoms with Crippen LogP contribution in [-0.4, -0.2) is 28.4 Å². The van der Waals surface area contributed by atoms with Crippen LogP contribution in [0.5, 0.6) is 0 Å². The summed E-state index contributed by atoms with van der Waals surface area (Å²) in [5.41, 5.74) is 9.23. The molecule has 2 N–H and O–H groups in total. The third kappa shape index (κ3) is 4.45. The highest BCUT2D eigenvalue weighted by Gasteiger charge is 2.16. The Morgan fingerprint density at radius 3 is 3.00 bits per heavy atom. The van der Waals surface area contributed by atoms with E-state index in [4.69, 9.17) is 0 Å². The van der Waals surface area contributed by atoms with Crippen LogP contribution in [0.4, 0.5) is 4.79 Å². The molecular weight excluding hydrogens is 364 g/mol. The number of urea groups is 1. The normalized spacial score (nSPS) is 17.0. The van der Waals surface area contributed by atoms with Crippen molar-refractivity contribution in [3.63, 3.8) is 0 Å². The van der Waals surface area contributed by atoms with E-state index in [2.05, 4.69) is 48.9 Å². The van der Waals surface area contributed by atoms with Gasteiger partial charge in [-0.2, -0.15) is 10.2 Å². The minimum Gasteiger partial charge on any atom is -0.260 e. The molecule has 2 amide bonds. The van der Waals surface area contributed by atoms with Gasteiger partial charge in [0, 0.05) is 36.5 Å². The lowest BCUT2D eigenvalue weighted by Gasteiger charge is -2.16. The SMILES string of the molecule is O=C(N/N=C/C1=CCC#Cc2cccnc21)N/N=C/C1CC=Cc2cccnc21. The van der Waals surface area contributed by atoms with E-state index < -0.39 is 6.03 Å². The Morgan fingerprint density at radius 2 is 2.03 bits per heavy atom. The van der Waals surface area contributed by atoms with Crippen molar-refractivity contribution in [1.82, 2.24) is 20.8 Å². The van der Waals surface area contributed by atoms with Gasteiger partial charge in [0.05, 0.1) is 23.2 Å². The van der Waals surface area contributed by atoms with Gasteiger partial charge in [-0.25, -0.2) is 15.6 Å². The summed E-state index contributed by atoms with van der Waals surface area (Å²) < 4.78 is 0. The van der Waals surface area contributed by atoms with E-state index >= 15 is 0 Å². The number of nitrogens with zero attached hydrogens (tertiary/aromatic N) is 4. The van der Waals surface area contributed by atoms with Crippen molar-refractivity contribution >= 4 is 30.1 Å². The molecule has 2 aromatic heterocycles. The van der Waals surface area contributed by atoms with E-state index in [0.717, 1.165) is 34.5 Å². The Bertz CT molecular complexity index is 1100. The monoisotopic (exact) mass is 382 g/mol. The Balaban J connectivity index is 1.33. The summed E-state index contributed by atoms with van der Waals surface area (Å²) in [5, 5.41) is 8.02. The molecular formula is C22H18N6O. The summed E-state index contributed by atoms with van der Waals surface area (Å²) >= 11 is 0. The average Bonchev–Trinajstić information content (AvgIpc) is 2.96. The number of carbonyl (C=O) groups excluding carboxylic acids is 1. The maximum atomic E-state index is 11.9. The van der Waals surface area contributed by atoms with Gasteiger partial charge in [-0.05, 0) is 30.2 Å². The fourth-order valence-corrected chi connectivity index (χ4v) is 3.09. The van der Waals surface area contributed by atoms with Crippen LogP contribution in [0.3, 0.4) is 0 Å². The smallest absolute Gasteiger partial charge is 0.260 e. The number of hydrogen-bond acceptors (Lipinski definition) is 5. The number of hydrogen-bond donors (Lipinski definition) is 2. The van der Waals surface area contributed by atoms with Crippen LogP contribution >= 0.6 is 0 Å². The van der Waals surface area contributed by atoms with Gasteiger partial charge in [0.1, 0.15) is 0 Å². The van der Waals surface area contributed by atoms with Crippen LogP contribution in [-0.2, 0) is 0 Å². The Hall–Kier alpha value is -4.05. The molecule has 0 radical (unpaired) electrons. The molecule has 4 rings (SSSR count). The first kappa shape index (κ1) is 18.3. The number of amides is 2. The molecule has 142 valence electrons. The summed E-state index contributed by atoms with van der Waals surface area (Å²) in [6.07, 6.45) is 14.1. The van der Waals surface area contributed by atoms with Crippen LogP contribution < -0.4 is 10.9 Å². The molecule has 2 aliphatic rings. The second-order valence-electron chi connectivity index (χ2n) is 6.38. The number of aromatic nitrogens is 2. The second-order valence-corrected chi connectivity index (χ2v) is 6.38. The molecule has 2 aliphatic carbocycles. The first-order chi connectivity index (χ1) is 14.3. The molecule has 0 saturated heterocycles. The largest absolute Gasteiger partial charge is 0.355 e. The van der Waals surface area contributed by atoms with Gasteiger partial charge >= 0.3 is 6.03 Å². The van der Waals surface area contributed by atoms with E-state index in [1.807, 2.05) is 36.4 Å². The van der Waals surface area contributed by atoms with Crippen LogP contribution in [0.25, 0.3) is 11.6 Å². The number of hydrazone groups is 2. The van der Waals surface area contributed by atoms with Gasteiger partial charge in [-0.3, -0.25) is 9.97 Å². The van der Waals surface area contributed by atoms with Crippen LogP contribution in [0.15, 0.2) is 59.0 Å². The molecule has 0 fully saturated rings. The Labute approximate surface area is 168 Å². The van der Waals surface area contributed by atoms with Crippen LogP contribution in [0.1, 0.15) is 41.3 Å². The van der Waals surface area contributed by atoms with E-state index in [-0.39, 0.29) is 5.92 Å². The van der Waals surface area contributed by atoms with Gasteiger partial charge in [0.15, 0.2) is 0 Å². The van der Waals surface area contributed by atoms with Crippen molar-refractivity contribution in [3.8, 4) is 11.8 Å². The standard InChI is InChI=1S/C22H18N6O/c29-22(28-26-15-19-9-3-8-17-11-5-13-24-21(17)19)27-25-14-18-7-2-1-6-16-10-4-12-23-20(16)18/h3-5,7-8,10-15,19H,2,9H2,(H2,27,28,29)/b25-14+,26-15+. The topological polar surface area (TPSA) is 91.6 Å². The summed E-state index contributed by atoms with van der Waals surface area (Å²) in [7, 11) is 0. The number of carbonyl (C=O) groups is 1. The van der Waals surface area contributed by atoms with Crippen LogP contribution in [0.2, 0.25) is 0 Å². The van der Waals surface area contributed by atoms with E-state index in [0.29, 0.717) is 6.42 Å². The van der Waals surface area contributed by atoms with Crippen molar-refractivity contribution in [2.75, 3.05) is 0 Å². The highest BCUT2D eigenvalue weighted by molar-refractivity contribution is 6.10. The quantitative estimate of drug-likeness (QED) is 0.484. The summed E-state index contributed by atoms with van der Waals surface area (Å²) in [6.45, 7) is 0. The highest BCUT2D eigenvalue weighted by Crippen LogP contribution is 2.25. The maximum Gasteiger partial charge on any atom is 0.355 e. The summed E-state index contributed by atoms with van der Waals surface area (Å²) in [6, 6.07) is 7.12. The zero-order valence-electron chi connectivity index (χ0n) is 15.5. The number of allylic oxidation sites excluding steroid dienone is 3. The lowest BCUT2D eigenvalue weighted by molar-refractivity contribution is 0.242. The van der Waals surface area contributed by atoms with Crippen molar-refractivity contribution in [2.24, 2.45) is 10.2 Å². The number of nitrogens with one attached hydrogen (secondary N) is 2. The van der Waals surface area contributed by atoms with Gasteiger partial charge in [-0.1, -0.05) is 36.1 Å². The third-order valence-electron chi connectivity index (χ3n) is 4.43. The van der Waals surface area contributed by atoms with E-state index in [9.17, 15) is 4.79 Å². The number of rotatable bonds is 4. The third-order valence-corrected chi connectivity index (χ3v) is 4.43. The maximum absolute atomic E-state index is 11.9. The fraction of sp³-hybridized carbons (Fsp3) is 0.136. The molecule has 1 unspecified atom stereocenters. The summed E-state index contributed by atoms with van der Waals surface area (Å²) in [4.78, 5) is 20.7. The summed E-state index contributed by atoms with van der Waals surface area (Å²) in [5.74, 6) is 6.13. The molecule has 0 saturated carbocycles. The molecule has 29 heavy (non-hydrogen) atoms. The van der Waals surface area contributed by atoms with Gasteiger partial charge in [0.25, 0.3) is 0 Å². The average molecular weight is 382 g/mol. The zero-order valence-corrected chi connectivity index (χ0v) is 15.5. The predicted octanol–water partition coefficient (Wildman–Crippen LogP) is 3.09. The van der Waals surface area contributed by atoms with Crippen molar-refractivity contribution in [2.45, 2.75) is 18.8 Å². The molecule has 2 aromatic rings. The first-order valence-electron chi connectivity index (χ1n) is 9.19. The molecule has 0 aromatic carbocycles. The molecule has 0 spiro atoms. The minimum absolute atomic E-state index is 0.0266. The Kier molecular flexibility index (Phi) is 5.53. The van der Waals surface area contributed by atoms with Crippen molar-refractivity contribution in [1.29, 1.82) is 0 Å². The van der Waals surface area contributed by atoms with Crippen molar-refractivity contribution < 1.29 is 4.79 Å². The first-order valence-corrected chi connectivity index (χ1v) is 9.19. The van der Waals surface area contributed by atoms with Gasteiger partial charge < -0.3 is 0 Å². The van der Waals surface area contributed by atoms with E-state index in [1.54, 1.807) is 24.8 Å². The van der Waals surface area contributed by atoms with Crippen molar-refractivity contribution in [3.05, 3.63) is 71.3 Å². The van der Waals surface area contributed by atoms with Gasteiger partial charge in [0.2, 0.25) is 0 Å². The van der Waals surface area contributed by atoms with Gasteiger partial charge in [-0.15, -0.1) is 0 Å². The number of fused-ring (bicyclic) bond motifs is 2. The molecule has 2 heterocycles. The van der Waals surface area contributed by atoms with E-state index in [1.165, 1.54) is 0 Å². The Morgan fingerprint density at radius 1 is 1.17 bits per heavy atom. The molecule has 0 bridgehead atoms. The highest BCUT2D eigenvalue weighted by atomic mass is 16.2. The fourth-order valence-electron chi connectivity index (χ4n) is 3.09. The number of pyridine rings is 2. The minimum atomic E-state index is -0.531.